The number of rotatable bonds is 5. The van der Waals surface area contributed by atoms with Crippen LogP contribution in [0, 0.1) is 5.92 Å². The van der Waals surface area contributed by atoms with Gasteiger partial charge in [-0.15, -0.1) is 0 Å². The Hall–Kier alpha value is -1.17. The molecule has 0 heterocycles. The normalized spacial score (nSPS) is 13.8. The summed E-state index contributed by atoms with van der Waals surface area (Å²) in [4.78, 5) is 22.9. The lowest BCUT2D eigenvalue weighted by Crippen LogP contribution is -2.47. The summed E-state index contributed by atoms with van der Waals surface area (Å²) in [5.41, 5.74) is 5.40. The van der Waals surface area contributed by atoms with Gasteiger partial charge in [0.1, 0.15) is 6.04 Å². The molecule has 0 aliphatic rings. The number of likely N-dealkylation sites (N-methyl/N-ethyl adjacent to an activating group) is 1. The van der Waals surface area contributed by atoms with Crippen molar-refractivity contribution >= 4 is 29.0 Å². The molecule has 5 nitrogen and oxygen atoms in total. The molecule has 0 aliphatic carbocycles. The third-order valence-corrected chi connectivity index (χ3v) is 2.35. The zero-order valence-electron chi connectivity index (χ0n) is 9.16. The fourth-order valence-electron chi connectivity index (χ4n) is 1.11. The second kappa shape index (κ2) is 6.34. The highest BCUT2D eigenvalue weighted by atomic mass is 32.1. The molecule has 15 heavy (non-hydrogen) atoms. The van der Waals surface area contributed by atoms with Gasteiger partial charge in [0.05, 0.1) is 10.9 Å². The molecule has 0 aliphatic heterocycles. The van der Waals surface area contributed by atoms with Crippen molar-refractivity contribution in [2.75, 3.05) is 7.05 Å². The molecule has 86 valence electrons. The second-order valence-corrected chi connectivity index (χ2v) is 3.68. The van der Waals surface area contributed by atoms with Gasteiger partial charge in [-0.3, -0.25) is 9.59 Å². The van der Waals surface area contributed by atoms with Crippen molar-refractivity contribution in [3.05, 3.63) is 0 Å². The molecule has 0 fully saturated rings. The zero-order chi connectivity index (χ0) is 12.0. The molecular weight excluding hydrogens is 214 g/mol. The van der Waals surface area contributed by atoms with Gasteiger partial charge in [-0.2, -0.15) is 0 Å². The summed E-state index contributed by atoms with van der Waals surface area (Å²) in [6, 6.07) is -0.578. The van der Waals surface area contributed by atoms with E-state index in [0.717, 1.165) is 0 Å². The molecule has 0 aromatic rings. The predicted octanol–water partition coefficient (Wildman–Crippen LogP) is -0.451. The van der Waals surface area contributed by atoms with Crippen LogP contribution in [0.1, 0.15) is 20.3 Å². The van der Waals surface area contributed by atoms with Crippen LogP contribution in [0.15, 0.2) is 0 Å². The van der Waals surface area contributed by atoms with Crippen LogP contribution in [-0.4, -0.2) is 29.9 Å². The number of hydrogen-bond acceptors (Lipinski definition) is 3. The number of nitrogens with two attached hydrogens (primary N) is 1. The van der Waals surface area contributed by atoms with Crippen LogP contribution >= 0.6 is 12.2 Å². The Labute approximate surface area is 94.8 Å². The van der Waals surface area contributed by atoms with E-state index in [2.05, 4.69) is 10.6 Å². The first-order chi connectivity index (χ1) is 6.93. The van der Waals surface area contributed by atoms with Crippen molar-refractivity contribution in [2.45, 2.75) is 26.3 Å². The van der Waals surface area contributed by atoms with Gasteiger partial charge < -0.3 is 16.4 Å². The molecule has 6 heteroatoms. The molecule has 0 bridgehead atoms. The lowest BCUT2D eigenvalue weighted by atomic mass is 10.1. The summed E-state index contributed by atoms with van der Waals surface area (Å²) >= 11 is 4.76. The van der Waals surface area contributed by atoms with Crippen molar-refractivity contribution < 1.29 is 9.59 Å². The van der Waals surface area contributed by atoms with E-state index in [9.17, 15) is 9.59 Å². The largest absolute Gasteiger partial charge is 0.393 e. The van der Waals surface area contributed by atoms with E-state index in [1.165, 1.54) is 7.05 Å². The van der Waals surface area contributed by atoms with E-state index in [1.807, 2.05) is 6.92 Å². The Balaban J connectivity index is 4.34. The monoisotopic (exact) mass is 231 g/mol. The van der Waals surface area contributed by atoms with Crippen LogP contribution in [-0.2, 0) is 9.59 Å². The Kier molecular flexibility index (Phi) is 5.84. The molecule has 0 saturated heterocycles. The van der Waals surface area contributed by atoms with E-state index < -0.39 is 12.0 Å². The number of nitrogens with one attached hydrogen (secondary N) is 2. The average Bonchev–Trinajstić information content (AvgIpc) is 2.16. The Morgan fingerprint density at radius 3 is 2.27 bits per heavy atom. The Bertz CT molecular complexity index is 268. The summed E-state index contributed by atoms with van der Waals surface area (Å²) in [5.74, 6) is -1.06. The number of hydrogen-bond donors (Lipinski definition) is 3. The van der Waals surface area contributed by atoms with Crippen molar-refractivity contribution in [3.63, 3.8) is 0 Å². The Morgan fingerprint density at radius 1 is 1.40 bits per heavy atom. The van der Waals surface area contributed by atoms with E-state index in [1.54, 1.807) is 6.92 Å². The smallest absolute Gasteiger partial charge is 0.242 e. The van der Waals surface area contributed by atoms with Gasteiger partial charge in [-0.1, -0.05) is 19.1 Å². The minimum atomic E-state index is -0.578. The number of carbonyl (C=O) groups is 2. The van der Waals surface area contributed by atoms with Crippen LogP contribution in [0.25, 0.3) is 0 Å². The van der Waals surface area contributed by atoms with Crippen molar-refractivity contribution in [2.24, 2.45) is 11.7 Å². The number of thiocarbonyl (C=S) groups is 1. The molecule has 4 N–H and O–H groups in total. The van der Waals surface area contributed by atoms with Crippen molar-refractivity contribution in [1.82, 2.24) is 10.6 Å². The van der Waals surface area contributed by atoms with Gasteiger partial charge in [0.25, 0.3) is 0 Å². The lowest BCUT2D eigenvalue weighted by Gasteiger charge is -2.17. The van der Waals surface area contributed by atoms with E-state index >= 15 is 0 Å². The van der Waals surface area contributed by atoms with E-state index in [-0.39, 0.29) is 16.8 Å². The zero-order valence-corrected chi connectivity index (χ0v) is 9.98. The number of carbonyl (C=O) groups excluding carboxylic acids is 2. The van der Waals surface area contributed by atoms with Crippen LogP contribution in [0.5, 0.6) is 0 Å². The molecule has 0 aromatic carbocycles. The SMILES string of the molecule is CCC(C(=O)NC(C)C(=O)NC)C(N)=S. The highest BCUT2D eigenvalue weighted by molar-refractivity contribution is 7.80. The third kappa shape index (κ3) is 4.24. The molecule has 2 unspecified atom stereocenters. The second-order valence-electron chi connectivity index (χ2n) is 3.21. The molecular formula is C9H17N3O2S. The molecule has 0 aromatic heterocycles. The Morgan fingerprint density at radius 2 is 1.93 bits per heavy atom. The fraction of sp³-hybridized carbons (Fsp3) is 0.667. The molecule has 0 radical (unpaired) electrons. The van der Waals surface area contributed by atoms with Gasteiger partial charge in [-0.25, -0.2) is 0 Å². The average molecular weight is 231 g/mol. The minimum Gasteiger partial charge on any atom is -0.393 e. The maximum absolute atomic E-state index is 11.6. The van der Waals surface area contributed by atoms with E-state index in [0.29, 0.717) is 6.42 Å². The summed E-state index contributed by atoms with van der Waals surface area (Å²) < 4.78 is 0. The predicted molar refractivity (Wildman–Crippen MR) is 62.2 cm³/mol. The van der Waals surface area contributed by atoms with Gasteiger partial charge >= 0.3 is 0 Å². The van der Waals surface area contributed by atoms with Crippen molar-refractivity contribution in [3.8, 4) is 0 Å². The van der Waals surface area contributed by atoms with Crippen LogP contribution in [0.2, 0.25) is 0 Å². The fourth-order valence-corrected chi connectivity index (χ4v) is 1.39. The molecule has 0 spiro atoms. The lowest BCUT2D eigenvalue weighted by molar-refractivity contribution is -0.129. The van der Waals surface area contributed by atoms with Gasteiger partial charge in [0, 0.05) is 7.05 Å². The topological polar surface area (TPSA) is 84.2 Å². The van der Waals surface area contributed by atoms with Crippen LogP contribution < -0.4 is 16.4 Å². The first-order valence-corrected chi connectivity index (χ1v) is 5.16. The summed E-state index contributed by atoms with van der Waals surface area (Å²) in [5, 5.41) is 4.98. The highest BCUT2D eigenvalue weighted by Gasteiger charge is 2.22. The summed E-state index contributed by atoms with van der Waals surface area (Å²) in [7, 11) is 1.51. The van der Waals surface area contributed by atoms with Gasteiger partial charge in [-0.05, 0) is 13.3 Å². The van der Waals surface area contributed by atoms with Crippen molar-refractivity contribution in [1.29, 1.82) is 0 Å². The van der Waals surface area contributed by atoms with E-state index in [4.69, 9.17) is 18.0 Å². The quantitative estimate of drug-likeness (QED) is 0.560. The highest BCUT2D eigenvalue weighted by Crippen LogP contribution is 2.03. The van der Waals surface area contributed by atoms with Crippen LogP contribution in [0.3, 0.4) is 0 Å². The first-order valence-electron chi connectivity index (χ1n) is 4.75. The van der Waals surface area contributed by atoms with Gasteiger partial charge in [0.15, 0.2) is 0 Å². The molecule has 0 saturated carbocycles. The van der Waals surface area contributed by atoms with Crippen LogP contribution in [0.4, 0.5) is 0 Å². The molecule has 0 rings (SSSR count). The molecule has 2 amide bonds. The van der Waals surface area contributed by atoms with Gasteiger partial charge in [0.2, 0.25) is 11.8 Å². The number of amides is 2. The standard InChI is InChI=1S/C9H17N3O2S/c1-4-6(7(10)15)9(14)12-5(2)8(13)11-3/h5-6H,4H2,1-3H3,(H2,10,15)(H,11,13)(H,12,14). The molecule has 2 atom stereocenters. The summed E-state index contributed by atoms with van der Waals surface area (Å²) in [6.07, 6.45) is 0.529. The maximum atomic E-state index is 11.6. The minimum absolute atomic E-state index is 0.152. The maximum Gasteiger partial charge on any atom is 0.242 e. The first kappa shape index (κ1) is 13.8. The summed E-state index contributed by atoms with van der Waals surface area (Å²) in [6.45, 7) is 3.41. The third-order valence-electron chi connectivity index (χ3n) is 2.07.